The highest BCUT2D eigenvalue weighted by Gasteiger charge is 2.11. The largest absolute Gasteiger partial charge is 0.492 e. The number of nitrogens with zero attached hydrogens (tertiary/aromatic N) is 4. The van der Waals surface area contributed by atoms with E-state index in [1.165, 1.54) is 30.3 Å². The molecule has 35 heavy (non-hydrogen) atoms. The topological polar surface area (TPSA) is 147 Å². The summed E-state index contributed by atoms with van der Waals surface area (Å²) >= 11 is 0. The van der Waals surface area contributed by atoms with Crippen LogP contribution in [0.3, 0.4) is 0 Å². The monoisotopic (exact) mass is 497 g/mol. The number of rotatable bonds is 11. The molecule has 12 heteroatoms. The minimum absolute atomic E-state index is 0.0899. The number of nitro benzene ring substituents is 1. The van der Waals surface area contributed by atoms with Crippen LogP contribution in [0, 0.1) is 21.4 Å². The Hall–Kier alpha value is -4.37. The van der Waals surface area contributed by atoms with Gasteiger partial charge in [0.25, 0.3) is 5.69 Å². The molecular weight excluding hydrogens is 477 g/mol. The average molecular weight is 498 g/mol. The highest BCUT2D eigenvalue weighted by molar-refractivity contribution is 7.86. The molecular formula is C23H20FN5O5S. The highest BCUT2D eigenvalue weighted by Crippen LogP contribution is 2.24. The Labute approximate surface area is 201 Å². The molecule has 10 nitrogen and oxygen atoms in total. The van der Waals surface area contributed by atoms with Gasteiger partial charge in [-0.25, -0.2) is 0 Å². The van der Waals surface area contributed by atoms with Crippen LogP contribution in [0.4, 0.5) is 20.9 Å². The zero-order chi connectivity index (χ0) is 25.3. The lowest BCUT2D eigenvalue weighted by atomic mass is 10.1. The predicted octanol–water partition coefficient (Wildman–Crippen LogP) is 4.94. The third kappa shape index (κ3) is 7.58. The summed E-state index contributed by atoms with van der Waals surface area (Å²) in [6.45, 7) is 1.19. The molecule has 3 rings (SSSR count). The van der Waals surface area contributed by atoms with Crippen molar-refractivity contribution in [3.8, 4) is 11.8 Å². The summed E-state index contributed by atoms with van der Waals surface area (Å²) in [6, 6.07) is 18.5. The molecule has 0 atom stereocenters. The molecule has 0 amide bonds. The van der Waals surface area contributed by atoms with Gasteiger partial charge in [0.1, 0.15) is 24.1 Å². The molecule has 0 aliphatic carbocycles. The van der Waals surface area contributed by atoms with Gasteiger partial charge in [-0.1, -0.05) is 12.1 Å². The minimum Gasteiger partial charge on any atom is -0.492 e. The molecule has 0 aliphatic heterocycles. The van der Waals surface area contributed by atoms with Gasteiger partial charge in [0.2, 0.25) is 0 Å². The summed E-state index contributed by atoms with van der Waals surface area (Å²) in [5.41, 5.74) is 2.10. The van der Waals surface area contributed by atoms with E-state index >= 15 is 0 Å². The zero-order valence-electron chi connectivity index (χ0n) is 18.3. The molecule has 0 bridgehead atoms. The quantitative estimate of drug-likeness (QED) is 0.130. The number of nitriles is 1. The molecule has 0 spiro atoms. The number of non-ortho nitro benzene ring substituents is 1. The molecule has 0 saturated carbocycles. The van der Waals surface area contributed by atoms with Crippen molar-refractivity contribution in [2.45, 2.75) is 11.3 Å². The van der Waals surface area contributed by atoms with Crippen LogP contribution in [0.25, 0.3) is 0 Å². The lowest BCUT2D eigenvalue weighted by Gasteiger charge is -2.09. The van der Waals surface area contributed by atoms with Crippen LogP contribution in [0.5, 0.6) is 5.75 Å². The molecule has 0 unspecified atom stereocenters. The predicted molar refractivity (Wildman–Crippen MR) is 126 cm³/mol. The van der Waals surface area contributed by atoms with Crippen molar-refractivity contribution < 1.29 is 22.0 Å². The normalized spacial score (nSPS) is 11.2. The fourth-order valence-corrected chi connectivity index (χ4v) is 3.43. The van der Waals surface area contributed by atoms with Crippen molar-refractivity contribution in [3.63, 3.8) is 0 Å². The number of hydrogen-bond acceptors (Lipinski definition) is 9. The Morgan fingerprint density at radius 1 is 1.09 bits per heavy atom. The van der Waals surface area contributed by atoms with E-state index in [0.717, 1.165) is 23.4 Å². The van der Waals surface area contributed by atoms with Gasteiger partial charge in [0.15, 0.2) is 0 Å². The smallest absolute Gasteiger partial charge is 0.332 e. The second kappa shape index (κ2) is 11.7. The standard InChI is InChI=1S/C23H20FN5O5S/c24-35(32,33)22-8-6-21(7-9-22)34-14-13-26-19-3-1-17(2-4-19)11-12-27-28-23-10-5-20(29(30)31)15-18(23)16-25/h1-10,15,26H,11-14H2. The van der Waals surface area contributed by atoms with Crippen LogP contribution in [0.1, 0.15) is 11.1 Å². The Balaban J connectivity index is 1.42. The fourth-order valence-electron chi connectivity index (χ4n) is 2.97. The molecule has 0 aliphatic rings. The van der Waals surface area contributed by atoms with Crippen molar-refractivity contribution >= 4 is 27.3 Å². The fraction of sp³-hybridized carbons (Fsp3) is 0.174. The Morgan fingerprint density at radius 3 is 2.43 bits per heavy atom. The number of azo groups is 1. The van der Waals surface area contributed by atoms with E-state index in [-0.39, 0.29) is 16.9 Å². The molecule has 3 aromatic carbocycles. The van der Waals surface area contributed by atoms with E-state index in [4.69, 9.17) is 10.00 Å². The molecule has 1 N–H and O–H groups in total. The molecule has 0 saturated heterocycles. The summed E-state index contributed by atoms with van der Waals surface area (Å²) in [6.07, 6.45) is 0.617. The zero-order valence-corrected chi connectivity index (χ0v) is 19.1. The van der Waals surface area contributed by atoms with Gasteiger partial charge in [-0.05, 0) is 54.4 Å². The molecule has 0 radical (unpaired) electrons. The van der Waals surface area contributed by atoms with Crippen molar-refractivity contribution in [1.29, 1.82) is 5.26 Å². The maximum Gasteiger partial charge on any atom is 0.332 e. The third-order valence-electron chi connectivity index (χ3n) is 4.75. The third-order valence-corrected chi connectivity index (χ3v) is 5.58. The van der Waals surface area contributed by atoms with Crippen LogP contribution >= 0.6 is 0 Å². The van der Waals surface area contributed by atoms with Crippen molar-refractivity contribution in [1.82, 2.24) is 0 Å². The van der Waals surface area contributed by atoms with E-state index < -0.39 is 20.0 Å². The van der Waals surface area contributed by atoms with E-state index in [0.29, 0.717) is 31.9 Å². The second-order valence-electron chi connectivity index (χ2n) is 7.17. The Bertz CT molecular complexity index is 1350. The van der Waals surface area contributed by atoms with Crippen LogP contribution in [-0.2, 0) is 16.6 Å². The Kier molecular flexibility index (Phi) is 8.42. The molecule has 0 fully saturated rings. The number of benzene rings is 3. The number of halogens is 1. The van der Waals surface area contributed by atoms with Gasteiger partial charge >= 0.3 is 10.2 Å². The summed E-state index contributed by atoms with van der Waals surface area (Å²) in [4.78, 5) is 9.81. The number of hydrogen-bond donors (Lipinski definition) is 1. The first-order chi connectivity index (χ1) is 16.8. The lowest BCUT2D eigenvalue weighted by molar-refractivity contribution is -0.384. The molecule has 0 aromatic heterocycles. The summed E-state index contributed by atoms with van der Waals surface area (Å²) in [5, 5.41) is 31.2. The van der Waals surface area contributed by atoms with Crippen molar-refractivity contribution in [2.24, 2.45) is 10.2 Å². The van der Waals surface area contributed by atoms with Crippen LogP contribution < -0.4 is 10.1 Å². The van der Waals surface area contributed by atoms with Gasteiger partial charge in [0, 0.05) is 24.4 Å². The van der Waals surface area contributed by atoms with E-state index in [1.807, 2.05) is 30.3 Å². The first-order valence-corrected chi connectivity index (χ1v) is 11.7. The maximum atomic E-state index is 12.9. The van der Waals surface area contributed by atoms with Gasteiger partial charge in [-0.15, -0.1) is 3.89 Å². The first-order valence-electron chi connectivity index (χ1n) is 10.3. The Morgan fingerprint density at radius 2 is 1.80 bits per heavy atom. The van der Waals surface area contributed by atoms with Crippen LogP contribution in [0.2, 0.25) is 0 Å². The van der Waals surface area contributed by atoms with Crippen molar-refractivity contribution in [2.75, 3.05) is 25.0 Å². The summed E-state index contributed by atoms with van der Waals surface area (Å²) < 4.78 is 40.0. The second-order valence-corrected chi connectivity index (χ2v) is 8.51. The van der Waals surface area contributed by atoms with E-state index in [2.05, 4.69) is 15.5 Å². The maximum absolute atomic E-state index is 12.9. The molecule has 3 aromatic rings. The van der Waals surface area contributed by atoms with Gasteiger partial charge in [-0.3, -0.25) is 10.1 Å². The number of anilines is 1. The summed E-state index contributed by atoms with van der Waals surface area (Å²) in [7, 11) is -4.72. The van der Waals surface area contributed by atoms with E-state index in [9.17, 15) is 22.4 Å². The number of ether oxygens (including phenoxy) is 1. The van der Waals surface area contributed by atoms with Crippen molar-refractivity contribution in [3.05, 3.63) is 88.0 Å². The first kappa shape index (κ1) is 25.3. The molecule has 0 heterocycles. The van der Waals surface area contributed by atoms with Gasteiger partial charge in [-0.2, -0.15) is 23.9 Å². The summed E-state index contributed by atoms with van der Waals surface area (Å²) in [5.74, 6) is 0.430. The van der Waals surface area contributed by atoms with E-state index in [1.54, 1.807) is 0 Å². The van der Waals surface area contributed by atoms with Crippen LogP contribution in [-0.4, -0.2) is 33.0 Å². The number of nitrogens with one attached hydrogen (secondary N) is 1. The SMILES string of the molecule is N#Cc1cc([N+](=O)[O-])ccc1N=NCCc1ccc(NCCOc2ccc(S(=O)(=O)F)cc2)cc1. The highest BCUT2D eigenvalue weighted by atomic mass is 32.3. The van der Waals surface area contributed by atoms with Gasteiger partial charge < -0.3 is 10.1 Å². The molecule has 180 valence electrons. The average Bonchev–Trinajstić information content (AvgIpc) is 2.85. The minimum atomic E-state index is -4.72. The van der Waals surface area contributed by atoms with Crippen LogP contribution in [0.15, 0.2) is 81.9 Å². The van der Waals surface area contributed by atoms with Gasteiger partial charge in [0.05, 0.1) is 21.9 Å². The number of nitro groups is 1. The lowest BCUT2D eigenvalue weighted by Crippen LogP contribution is -2.11.